The van der Waals surface area contributed by atoms with Crippen LogP contribution in [0.15, 0.2) is 162 Å². The summed E-state index contributed by atoms with van der Waals surface area (Å²) in [6.07, 6.45) is 0. The van der Waals surface area contributed by atoms with Gasteiger partial charge in [-0.2, -0.15) is 0 Å². The van der Waals surface area contributed by atoms with Gasteiger partial charge in [0.15, 0.2) is 0 Å². The smallest absolute Gasteiger partial charge is 0.143 e. The minimum Gasteiger partial charge on any atom is -0.455 e. The number of para-hydroxylation sites is 1. The van der Waals surface area contributed by atoms with E-state index in [-0.39, 0.29) is 0 Å². The predicted molar refractivity (Wildman–Crippen MR) is 183 cm³/mol. The highest BCUT2D eigenvalue weighted by molar-refractivity contribution is 6.23. The van der Waals surface area contributed by atoms with Gasteiger partial charge in [-0.25, -0.2) is 0 Å². The minimum absolute atomic E-state index is 0.483. The first-order valence-electron chi connectivity index (χ1n) is 15.6. The molecule has 9 aromatic rings. The van der Waals surface area contributed by atoms with Gasteiger partial charge in [0.25, 0.3) is 0 Å². The Hall–Kier alpha value is -5.66. The fourth-order valence-electron chi connectivity index (χ4n) is 6.78. The summed E-state index contributed by atoms with van der Waals surface area (Å²) in [6.45, 7) is 0. The lowest BCUT2D eigenvalue weighted by Crippen LogP contribution is -1.91. The molecule has 0 N–H and O–H groups in total. The molecule has 0 aliphatic carbocycles. The molecular weight excluding hydrogens is 520 g/mol. The number of rotatable bonds is 3. The normalized spacial score (nSPS) is 12.4. The van der Waals surface area contributed by atoms with Crippen LogP contribution in [-0.4, -0.2) is 0 Å². The molecule has 8 aromatic carbocycles. The standard InChI is InChI=1S/C42H26O/c1-2-13-28(14-3-1)37-25-31(26-38-32-16-10-11-21-39(32)43-42(37)38)41-35-19-8-6-17-33(35)40(34-18-7-9-20-36(34)41)30-23-22-27-12-4-5-15-29(27)24-30/h1-26H/i1D,4D. The molecule has 43 heavy (non-hydrogen) atoms. The fourth-order valence-corrected chi connectivity index (χ4v) is 6.78. The molecule has 1 heterocycles. The molecule has 1 aromatic heterocycles. The third-order valence-corrected chi connectivity index (χ3v) is 8.70. The molecule has 0 atom stereocenters. The highest BCUT2D eigenvalue weighted by atomic mass is 16.3. The maximum absolute atomic E-state index is 8.08. The van der Waals surface area contributed by atoms with Crippen LogP contribution in [0.1, 0.15) is 2.74 Å². The Kier molecular flexibility index (Phi) is 4.83. The van der Waals surface area contributed by atoms with Gasteiger partial charge >= 0.3 is 0 Å². The molecule has 0 unspecified atom stereocenters. The van der Waals surface area contributed by atoms with Crippen LogP contribution in [0.4, 0.5) is 0 Å². The molecule has 0 aliphatic rings. The summed E-state index contributed by atoms with van der Waals surface area (Å²) < 4.78 is 22.6. The number of hydrogen-bond donors (Lipinski definition) is 0. The zero-order valence-corrected chi connectivity index (χ0v) is 23.3. The Labute approximate surface area is 252 Å². The van der Waals surface area contributed by atoms with Crippen molar-refractivity contribution in [3.05, 3.63) is 158 Å². The van der Waals surface area contributed by atoms with Crippen molar-refractivity contribution < 1.29 is 7.16 Å². The van der Waals surface area contributed by atoms with Crippen LogP contribution >= 0.6 is 0 Å². The van der Waals surface area contributed by atoms with E-state index in [9.17, 15) is 0 Å². The summed E-state index contributed by atoms with van der Waals surface area (Å²) in [6, 6.07) is 51.3. The first-order chi connectivity index (χ1) is 22.1. The van der Waals surface area contributed by atoms with E-state index in [0.717, 1.165) is 55.0 Å². The fraction of sp³-hybridized carbons (Fsp3) is 0. The number of benzene rings is 8. The highest BCUT2D eigenvalue weighted by Gasteiger charge is 2.20. The van der Waals surface area contributed by atoms with Crippen LogP contribution in [0.3, 0.4) is 0 Å². The van der Waals surface area contributed by atoms with Gasteiger partial charge in [-0.1, -0.05) is 133 Å². The van der Waals surface area contributed by atoms with E-state index >= 15 is 0 Å². The van der Waals surface area contributed by atoms with Crippen molar-refractivity contribution >= 4 is 54.3 Å². The molecule has 0 aliphatic heterocycles. The lowest BCUT2D eigenvalue weighted by atomic mass is 9.84. The average molecular weight is 549 g/mol. The van der Waals surface area contributed by atoms with E-state index in [4.69, 9.17) is 7.16 Å². The summed E-state index contributed by atoms with van der Waals surface area (Å²) in [5.74, 6) is 0. The van der Waals surface area contributed by atoms with Gasteiger partial charge in [-0.15, -0.1) is 0 Å². The molecule has 0 spiro atoms. The van der Waals surface area contributed by atoms with Gasteiger partial charge in [-0.3, -0.25) is 0 Å². The maximum Gasteiger partial charge on any atom is 0.143 e. The van der Waals surface area contributed by atoms with Crippen molar-refractivity contribution in [3.8, 4) is 33.4 Å². The van der Waals surface area contributed by atoms with Crippen molar-refractivity contribution in [2.75, 3.05) is 0 Å². The Morgan fingerprint density at radius 3 is 1.74 bits per heavy atom. The van der Waals surface area contributed by atoms with E-state index in [1.165, 1.54) is 32.7 Å². The molecule has 0 saturated carbocycles. The van der Waals surface area contributed by atoms with Crippen LogP contribution < -0.4 is 0 Å². The lowest BCUT2D eigenvalue weighted by molar-refractivity contribution is 0.670. The third kappa shape index (κ3) is 3.72. The first kappa shape index (κ1) is 22.0. The molecule has 0 bridgehead atoms. The third-order valence-electron chi connectivity index (χ3n) is 8.70. The van der Waals surface area contributed by atoms with Crippen molar-refractivity contribution in [2.45, 2.75) is 0 Å². The van der Waals surface area contributed by atoms with Gasteiger partial charge in [0.1, 0.15) is 11.2 Å². The van der Waals surface area contributed by atoms with Crippen molar-refractivity contribution in [1.82, 2.24) is 0 Å². The monoisotopic (exact) mass is 548 g/mol. The van der Waals surface area contributed by atoms with Crippen molar-refractivity contribution in [3.63, 3.8) is 0 Å². The number of furan rings is 1. The molecular formula is C42H26O. The lowest BCUT2D eigenvalue weighted by Gasteiger charge is -2.18. The zero-order valence-electron chi connectivity index (χ0n) is 25.3. The van der Waals surface area contributed by atoms with Gasteiger partial charge in [0.05, 0.1) is 2.74 Å². The predicted octanol–water partition coefficient (Wildman–Crippen LogP) is 12.0. The van der Waals surface area contributed by atoms with E-state index in [2.05, 4.69) is 91.0 Å². The Bertz CT molecular complexity index is 2550. The van der Waals surface area contributed by atoms with Crippen LogP contribution in [-0.2, 0) is 0 Å². The molecule has 0 radical (unpaired) electrons. The first-order valence-corrected chi connectivity index (χ1v) is 14.6. The summed E-state index contributed by atoms with van der Waals surface area (Å²) in [4.78, 5) is 0. The molecule has 0 saturated heterocycles. The molecule has 200 valence electrons. The van der Waals surface area contributed by atoms with E-state index in [1.54, 1.807) is 0 Å². The maximum atomic E-state index is 8.08. The van der Waals surface area contributed by atoms with Gasteiger partial charge in [0.2, 0.25) is 0 Å². The number of fused-ring (bicyclic) bond motifs is 6. The average Bonchev–Trinajstić information content (AvgIpc) is 3.45. The second-order valence-electron chi connectivity index (χ2n) is 11.1. The van der Waals surface area contributed by atoms with Gasteiger partial charge in [-0.05, 0) is 84.4 Å². The van der Waals surface area contributed by atoms with E-state index in [0.29, 0.717) is 12.1 Å². The van der Waals surface area contributed by atoms with Gasteiger partial charge < -0.3 is 4.42 Å². The molecule has 1 nitrogen and oxygen atoms in total. The highest BCUT2D eigenvalue weighted by Crippen LogP contribution is 2.46. The van der Waals surface area contributed by atoms with E-state index < -0.39 is 0 Å². The van der Waals surface area contributed by atoms with Crippen LogP contribution in [0.25, 0.3) is 87.6 Å². The molecule has 0 amide bonds. The number of hydrogen-bond acceptors (Lipinski definition) is 1. The van der Waals surface area contributed by atoms with E-state index in [1.807, 2.05) is 54.6 Å². The SMILES string of the molecule is [2H]c1ccc(-c2cc(-c3c4ccccc4c(-c4ccc5cc([2H])ccc5c4)c4ccccc34)cc3c2oc2ccccc23)cc1. The van der Waals surface area contributed by atoms with Crippen LogP contribution in [0.2, 0.25) is 0 Å². The van der Waals surface area contributed by atoms with Gasteiger partial charge in [0, 0.05) is 16.3 Å². The Balaban J connectivity index is 1.40. The summed E-state index contributed by atoms with van der Waals surface area (Å²) in [5.41, 5.74) is 8.44. The Morgan fingerprint density at radius 2 is 1.02 bits per heavy atom. The molecule has 1 heteroatoms. The molecule has 0 fully saturated rings. The van der Waals surface area contributed by atoms with Crippen LogP contribution in [0.5, 0.6) is 0 Å². The second kappa shape index (κ2) is 9.44. The topological polar surface area (TPSA) is 13.1 Å². The zero-order chi connectivity index (χ0) is 30.1. The summed E-state index contributed by atoms with van der Waals surface area (Å²) in [7, 11) is 0. The largest absolute Gasteiger partial charge is 0.455 e. The minimum atomic E-state index is 0.483. The van der Waals surface area contributed by atoms with Crippen molar-refractivity contribution in [2.24, 2.45) is 0 Å². The summed E-state index contributed by atoms with van der Waals surface area (Å²) in [5, 5.41) is 9.13. The van der Waals surface area contributed by atoms with Crippen molar-refractivity contribution in [1.29, 1.82) is 0 Å². The Morgan fingerprint density at radius 1 is 0.395 bits per heavy atom. The van der Waals surface area contributed by atoms with Crippen LogP contribution in [0, 0.1) is 0 Å². The quantitative estimate of drug-likeness (QED) is 0.200. The summed E-state index contributed by atoms with van der Waals surface area (Å²) >= 11 is 0. The second-order valence-corrected chi connectivity index (χ2v) is 11.1. The molecule has 9 rings (SSSR count).